The number of aliphatic hydroxyl groups excluding tert-OH is 1. The van der Waals surface area contributed by atoms with Gasteiger partial charge in [0.1, 0.15) is 5.82 Å². The Hall–Kier alpha value is -2.40. The van der Waals surface area contributed by atoms with E-state index in [1.54, 1.807) is 18.3 Å². The van der Waals surface area contributed by atoms with Gasteiger partial charge < -0.3 is 15.7 Å². The Labute approximate surface area is 129 Å². The second kappa shape index (κ2) is 6.15. The van der Waals surface area contributed by atoms with Crippen molar-refractivity contribution in [2.45, 2.75) is 25.5 Å². The van der Waals surface area contributed by atoms with Crippen molar-refractivity contribution in [1.82, 2.24) is 10.3 Å². The molecule has 0 spiro atoms. The predicted molar refractivity (Wildman–Crippen MR) is 84.8 cm³/mol. The first-order valence-corrected chi connectivity index (χ1v) is 7.45. The van der Waals surface area contributed by atoms with Gasteiger partial charge in [0.15, 0.2) is 0 Å². The maximum absolute atomic E-state index is 11.7. The van der Waals surface area contributed by atoms with Crippen molar-refractivity contribution in [3.05, 3.63) is 59.3 Å². The molecule has 1 heterocycles. The Balaban J connectivity index is 1.75. The first kappa shape index (κ1) is 14.5. The molecule has 2 aromatic rings. The normalized spacial score (nSPS) is 19.5. The van der Waals surface area contributed by atoms with Gasteiger partial charge in [-0.3, -0.25) is 4.79 Å². The molecule has 3 N–H and O–H groups in total. The van der Waals surface area contributed by atoms with Crippen LogP contribution >= 0.6 is 0 Å². The fraction of sp³-hybridized carbons (Fsp3) is 0.294. The van der Waals surface area contributed by atoms with Crippen molar-refractivity contribution in [3.8, 4) is 0 Å². The van der Waals surface area contributed by atoms with E-state index < -0.39 is 6.10 Å². The van der Waals surface area contributed by atoms with E-state index in [4.69, 9.17) is 0 Å². The number of carbonyl (C=O) groups excluding carboxylic acids is 1. The summed E-state index contributed by atoms with van der Waals surface area (Å²) in [7, 11) is 0. The average molecular weight is 297 g/mol. The molecule has 0 aliphatic heterocycles. The summed E-state index contributed by atoms with van der Waals surface area (Å²) < 4.78 is 0. The minimum atomic E-state index is -0.470. The molecule has 2 atom stereocenters. The van der Waals surface area contributed by atoms with Crippen molar-refractivity contribution >= 4 is 11.7 Å². The zero-order valence-electron chi connectivity index (χ0n) is 12.4. The summed E-state index contributed by atoms with van der Waals surface area (Å²) >= 11 is 0. The van der Waals surface area contributed by atoms with Crippen LogP contribution in [-0.4, -0.2) is 28.6 Å². The molecular formula is C17H19N3O2. The van der Waals surface area contributed by atoms with E-state index in [0.717, 1.165) is 11.1 Å². The molecule has 0 fully saturated rings. The Morgan fingerprint density at radius 1 is 1.32 bits per heavy atom. The largest absolute Gasteiger partial charge is 0.390 e. The highest BCUT2D eigenvalue weighted by molar-refractivity contribution is 5.93. The van der Waals surface area contributed by atoms with Crippen LogP contribution in [0.25, 0.3) is 0 Å². The minimum absolute atomic E-state index is 0.132. The van der Waals surface area contributed by atoms with Gasteiger partial charge in [0.05, 0.1) is 17.7 Å². The first-order chi connectivity index (χ1) is 10.7. The molecule has 0 saturated heterocycles. The predicted octanol–water partition coefficient (Wildman–Crippen LogP) is 1.90. The third kappa shape index (κ3) is 2.80. The highest BCUT2D eigenvalue weighted by Crippen LogP contribution is 2.33. The highest BCUT2D eigenvalue weighted by atomic mass is 16.3. The van der Waals surface area contributed by atoms with E-state index in [2.05, 4.69) is 15.6 Å². The van der Waals surface area contributed by atoms with Gasteiger partial charge in [-0.1, -0.05) is 24.3 Å². The second-order valence-electron chi connectivity index (χ2n) is 5.38. The molecule has 0 saturated carbocycles. The van der Waals surface area contributed by atoms with Crippen molar-refractivity contribution in [2.75, 3.05) is 11.9 Å². The molecule has 3 rings (SSSR count). The summed E-state index contributed by atoms with van der Waals surface area (Å²) in [6.07, 6.45) is 1.72. The number of fused-ring (bicyclic) bond motifs is 1. The summed E-state index contributed by atoms with van der Waals surface area (Å²) in [5.41, 5.74) is 2.79. The molecular weight excluding hydrogens is 278 g/mol. The lowest BCUT2D eigenvalue weighted by Crippen LogP contribution is -2.23. The summed E-state index contributed by atoms with van der Waals surface area (Å²) in [6, 6.07) is 11.3. The molecule has 0 bridgehead atoms. The molecule has 1 aromatic heterocycles. The second-order valence-corrected chi connectivity index (χ2v) is 5.38. The molecule has 114 valence electrons. The van der Waals surface area contributed by atoms with Gasteiger partial charge in [-0.2, -0.15) is 0 Å². The molecule has 5 nitrogen and oxygen atoms in total. The number of hydrogen-bond donors (Lipinski definition) is 3. The van der Waals surface area contributed by atoms with E-state index in [0.29, 0.717) is 24.3 Å². The van der Waals surface area contributed by atoms with Crippen LogP contribution in [0.15, 0.2) is 42.6 Å². The minimum Gasteiger partial charge on any atom is -0.390 e. The van der Waals surface area contributed by atoms with Crippen LogP contribution in [0.4, 0.5) is 5.82 Å². The maximum atomic E-state index is 11.7. The molecule has 0 unspecified atom stereocenters. The standard InChI is InChI=1S/C17H19N3O2/c1-2-18-17(22)12-7-8-15(19-10-12)20-16-13-6-4-3-5-11(13)9-14(16)21/h3-8,10,14,16,21H,2,9H2,1H3,(H,18,22)(H,19,20)/t14-,16+/m1/s1. The van der Waals surface area contributed by atoms with E-state index in [-0.39, 0.29) is 11.9 Å². The van der Waals surface area contributed by atoms with Crippen LogP contribution in [0.1, 0.15) is 34.5 Å². The van der Waals surface area contributed by atoms with Crippen molar-refractivity contribution in [3.63, 3.8) is 0 Å². The lowest BCUT2D eigenvalue weighted by molar-refractivity contribution is 0.0955. The number of benzene rings is 1. The SMILES string of the molecule is CCNC(=O)c1ccc(N[C@H]2c3ccccc3C[C@H]2O)nc1. The van der Waals surface area contributed by atoms with E-state index in [1.807, 2.05) is 31.2 Å². The van der Waals surface area contributed by atoms with Gasteiger partial charge in [-0.25, -0.2) is 4.98 Å². The van der Waals surface area contributed by atoms with Gasteiger partial charge in [0.2, 0.25) is 0 Å². The number of aliphatic hydroxyl groups is 1. The van der Waals surface area contributed by atoms with Gasteiger partial charge in [-0.15, -0.1) is 0 Å². The Bertz CT molecular complexity index is 670. The Morgan fingerprint density at radius 3 is 2.86 bits per heavy atom. The molecule has 22 heavy (non-hydrogen) atoms. The fourth-order valence-electron chi connectivity index (χ4n) is 2.78. The lowest BCUT2D eigenvalue weighted by Gasteiger charge is -2.18. The average Bonchev–Trinajstić information content (AvgIpc) is 2.84. The zero-order chi connectivity index (χ0) is 15.5. The van der Waals surface area contributed by atoms with Gasteiger partial charge in [0.25, 0.3) is 5.91 Å². The summed E-state index contributed by atoms with van der Waals surface area (Å²) in [5.74, 6) is 0.515. The van der Waals surface area contributed by atoms with Crippen molar-refractivity contribution in [2.24, 2.45) is 0 Å². The molecule has 1 amide bonds. The van der Waals surface area contributed by atoms with Crippen LogP contribution in [0.5, 0.6) is 0 Å². The lowest BCUT2D eigenvalue weighted by atomic mass is 10.1. The molecule has 1 aliphatic rings. The number of rotatable bonds is 4. The quantitative estimate of drug-likeness (QED) is 0.806. The highest BCUT2D eigenvalue weighted by Gasteiger charge is 2.30. The van der Waals surface area contributed by atoms with E-state index in [1.165, 1.54) is 0 Å². The zero-order valence-corrected chi connectivity index (χ0v) is 12.4. The first-order valence-electron chi connectivity index (χ1n) is 7.45. The summed E-state index contributed by atoms with van der Waals surface area (Å²) in [4.78, 5) is 16.0. The fourth-order valence-corrected chi connectivity index (χ4v) is 2.78. The maximum Gasteiger partial charge on any atom is 0.252 e. The topological polar surface area (TPSA) is 74.2 Å². The van der Waals surface area contributed by atoms with Gasteiger partial charge >= 0.3 is 0 Å². The Kier molecular flexibility index (Phi) is 4.06. The van der Waals surface area contributed by atoms with Crippen LogP contribution in [0.2, 0.25) is 0 Å². The number of aromatic nitrogens is 1. The number of pyridine rings is 1. The molecule has 1 aliphatic carbocycles. The number of hydrogen-bond acceptors (Lipinski definition) is 4. The van der Waals surface area contributed by atoms with Crippen LogP contribution in [0, 0.1) is 0 Å². The van der Waals surface area contributed by atoms with Crippen LogP contribution in [-0.2, 0) is 6.42 Å². The van der Waals surface area contributed by atoms with Gasteiger partial charge in [0, 0.05) is 19.2 Å². The van der Waals surface area contributed by atoms with Crippen LogP contribution in [0.3, 0.4) is 0 Å². The number of nitrogens with zero attached hydrogens (tertiary/aromatic N) is 1. The van der Waals surface area contributed by atoms with Crippen molar-refractivity contribution < 1.29 is 9.90 Å². The smallest absolute Gasteiger partial charge is 0.252 e. The number of carbonyl (C=O) groups is 1. The van der Waals surface area contributed by atoms with Crippen molar-refractivity contribution in [1.29, 1.82) is 0 Å². The number of anilines is 1. The molecule has 0 radical (unpaired) electrons. The van der Waals surface area contributed by atoms with E-state index >= 15 is 0 Å². The summed E-state index contributed by atoms with van der Waals surface area (Å²) in [6.45, 7) is 2.46. The third-order valence-corrected chi connectivity index (χ3v) is 3.87. The molecule has 1 aromatic carbocycles. The van der Waals surface area contributed by atoms with Crippen LogP contribution < -0.4 is 10.6 Å². The Morgan fingerprint density at radius 2 is 2.14 bits per heavy atom. The third-order valence-electron chi connectivity index (χ3n) is 3.87. The number of nitrogens with one attached hydrogen (secondary N) is 2. The monoisotopic (exact) mass is 297 g/mol. The van der Waals surface area contributed by atoms with E-state index in [9.17, 15) is 9.90 Å². The molecule has 5 heteroatoms. The van der Waals surface area contributed by atoms with Gasteiger partial charge in [-0.05, 0) is 30.2 Å². The number of amides is 1. The summed E-state index contributed by atoms with van der Waals surface area (Å²) in [5, 5.41) is 16.2.